The van der Waals surface area contributed by atoms with Gasteiger partial charge in [0, 0.05) is 6.04 Å². The third-order valence-electron chi connectivity index (χ3n) is 3.06. The summed E-state index contributed by atoms with van der Waals surface area (Å²) >= 11 is 0. The van der Waals surface area contributed by atoms with E-state index in [9.17, 15) is 4.79 Å². The van der Waals surface area contributed by atoms with Crippen molar-refractivity contribution in [2.45, 2.75) is 32.4 Å². The van der Waals surface area contributed by atoms with Crippen molar-refractivity contribution in [3.63, 3.8) is 0 Å². The second-order valence-electron chi connectivity index (χ2n) is 4.06. The van der Waals surface area contributed by atoms with Crippen molar-refractivity contribution < 1.29 is 9.90 Å². The lowest BCUT2D eigenvalue weighted by Gasteiger charge is -2.22. The molecule has 1 aliphatic rings. The van der Waals surface area contributed by atoms with Gasteiger partial charge in [-0.3, -0.25) is 9.58 Å². The van der Waals surface area contributed by atoms with Crippen LogP contribution in [0.4, 0.5) is 0 Å². The lowest BCUT2D eigenvalue weighted by atomic mass is 10.2. The molecule has 1 aromatic rings. The highest BCUT2D eigenvalue weighted by molar-refractivity contribution is 5.84. The summed E-state index contributed by atoms with van der Waals surface area (Å²) in [5.74, 6) is -1.02. The molecule has 0 bridgehead atoms. The average Bonchev–Trinajstić information content (AvgIpc) is 2.87. The standard InChI is InChI=1S/C10H16N4O2/c1-2-13-5-3-4-8(13)6-14-7-9(10(15)16)11-12-14/h7-8H,2-6H2,1H3,(H,15,16). The number of hydrogen-bond donors (Lipinski definition) is 1. The summed E-state index contributed by atoms with van der Waals surface area (Å²) in [6.07, 6.45) is 3.85. The molecule has 1 atom stereocenters. The Labute approximate surface area is 93.9 Å². The highest BCUT2D eigenvalue weighted by Crippen LogP contribution is 2.17. The quantitative estimate of drug-likeness (QED) is 0.804. The van der Waals surface area contributed by atoms with Gasteiger partial charge in [0.2, 0.25) is 0 Å². The molecular weight excluding hydrogens is 208 g/mol. The van der Waals surface area contributed by atoms with Crippen LogP contribution in [0.1, 0.15) is 30.3 Å². The van der Waals surface area contributed by atoms with Crippen molar-refractivity contribution in [3.8, 4) is 0 Å². The van der Waals surface area contributed by atoms with Crippen molar-refractivity contribution in [1.82, 2.24) is 19.9 Å². The largest absolute Gasteiger partial charge is 0.476 e. The SMILES string of the molecule is CCN1CCCC1Cn1cc(C(=O)O)nn1. The lowest BCUT2D eigenvalue weighted by Crippen LogP contribution is -2.32. The minimum Gasteiger partial charge on any atom is -0.476 e. The van der Waals surface area contributed by atoms with Crippen LogP contribution in [0.15, 0.2) is 6.20 Å². The molecule has 1 unspecified atom stereocenters. The minimum absolute atomic E-state index is 0.0149. The monoisotopic (exact) mass is 224 g/mol. The Bertz CT molecular complexity index is 377. The van der Waals surface area contributed by atoms with Crippen LogP contribution in [-0.4, -0.2) is 50.1 Å². The van der Waals surface area contributed by atoms with Crippen LogP contribution in [0.3, 0.4) is 0 Å². The summed E-state index contributed by atoms with van der Waals surface area (Å²) in [6, 6.07) is 0.466. The fraction of sp³-hybridized carbons (Fsp3) is 0.700. The van der Waals surface area contributed by atoms with Gasteiger partial charge in [-0.25, -0.2) is 4.79 Å². The topological polar surface area (TPSA) is 71.2 Å². The Hall–Kier alpha value is -1.43. The van der Waals surface area contributed by atoms with E-state index < -0.39 is 5.97 Å². The molecule has 0 aliphatic carbocycles. The number of carboxylic acid groups (broad SMARTS) is 1. The number of likely N-dealkylation sites (tertiary alicyclic amines) is 1. The predicted molar refractivity (Wildman–Crippen MR) is 57.3 cm³/mol. The van der Waals surface area contributed by atoms with Crippen LogP contribution >= 0.6 is 0 Å². The normalized spacial score (nSPS) is 21.4. The minimum atomic E-state index is -1.02. The van der Waals surface area contributed by atoms with Crippen molar-refractivity contribution in [2.75, 3.05) is 13.1 Å². The van der Waals surface area contributed by atoms with Crippen LogP contribution in [0.5, 0.6) is 0 Å². The number of likely N-dealkylation sites (N-methyl/N-ethyl adjacent to an activating group) is 1. The fourth-order valence-electron chi connectivity index (χ4n) is 2.22. The first kappa shape index (κ1) is 11.1. The van der Waals surface area contributed by atoms with E-state index in [1.165, 1.54) is 12.6 Å². The molecule has 6 heteroatoms. The molecule has 1 aliphatic heterocycles. The second kappa shape index (κ2) is 4.61. The average molecular weight is 224 g/mol. The number of nitrogens with zero attached hydrogens (tertiary/aromatic N) is 4. The summed E-state index contributed by atoms with van der Waals surface area (Å²) in [5.41, 5.74) is 0.0149. The van der Waals surface area contributed by atoms with E-state index in [0.29, 0.717) is 6.04 Å². The Morgan fingerprint density at radius 3 is 3.12 bits per heavy atom. The van der Waals surface area contributed by atoms with E-state index in [-0.39, 0.29) is 5.69 Å². The van der Waals surface area contributed by atoms with Crippen molar-refractivity contribution >= 4 is 5.97 Å². The van der Waals surface area contributed by atoms with Crippen LogP contribution in [0.2, 0.25) is 0 Å². The number of aromatic nitrogens is 3. The maximum absolute atomic E-state index is 10.6. The first-order valence-corrected chi connectivity index (χ1v) is 5.58. The number of carbonyl (C=O) groups is 1. The van der Waals surface area contributed by atoms with E-state index in [1.807, 2.05) is 0 Å². The number of hydrogen-bond acceptors (Lipinski definition) is 4. The van der Waals surface area contributed by atoms with Gasteiger partial charge in [-0.05, 0) is 25.9 Å². The van der Waals surface area contributed by atoms with Gasteiger partial charge in [-0.2, -0.15) is 0 Å². The van der Waals surface area contributed by atoms with Gasteiger partial charge in [0.1, 0.15) is 0 Å². The van der Waals surface area contributed by atoms with Crippen LogP contribution in [0.25, 0.3) is 0 Å². The Balaban J connectivity index is 2.00. The van der Waals surface area contributed by atoms with Crippen LogP contribution < -0.4 is 0 Å². The molecule has 0 saturated carbocycles. The Morgan fingerprint density at radius 1 is 1.69 bits per heavy atom. The molecule has 1 fully saturated rings. The highest BCUT2D eigenvalue weighted by atomic mass is 16.4. The maximum atomic E-state index is 10.6. The zero-order valence-electron chi connectivity index (χ0n) is 9.33. The smallest absolute Gasteiger partial charge is 0.358 e. The molecule has 1 saturated heterocycles. The van der Waals surface area contributed by atoms with E-state index in [0.717, 1.165) is 26.1 Å². The van der Waals surface area contributed by atoms with Gasteiger partial charge in [-0.15, -0.1) is 5.10 Å². The molecule has 2 heterocycles. The van der Waals surface area contributed by atoms with Gasteiger partial charge in [0.25, 0.3) is 0 Å². The van der Waals surface area contributed by atoms with Crippen molar-refractivity contribution in [3.05, 3.63) is 11.9 Å². The Kier molecular flexibility index (Phi) is 3.19. The number of aromatic carboxylic acids is 1. The lowest BCUT2D eigenvalue weighted by molar-refractivity contribution is 0.0690. The summed E-state index contributed by atoms with van der Waals surface area (Å²) < 4.78 is 1.63. The summed E-state index contributed by atoms with van der Waals surface area (Å²) in [4.78, 5) is 13.0. The fourth-order valence-corrected chi connectivity index (χ4v) is 2.22. The van der Waals surface area contributed by atoms with E-state index in [4.69, 9.17) is 5.11 Å². The first-order chi connectivity index (χ1) is 7.70. The maximum Gasteiger partial charge on any atom is 0.358 e. The molecule has 0 aromatic carbocycles. The third kappa shape index (κ3) is 2.21. The molecule has 0 amide bonds. The molecule has 2 rings (SSSR count). The molecule has 6 nitrogen and oxygen atoms in total. The Morgan fingerprint density at radius 2 is 2.50 bits per heavy atom. The van der Waals surface area contributed by atoms with Gasteiger partial charge in [0.05, 0.1) is 12.7 Å². The third-order valence-corrected chi connectivity index (χ3v) is 3.06. The molecule has 1 N–H and O–H groups in total. The summed E-state index contributed by atoms with van der Waals surface area (Å²) in [7, 11) is 0. The number of carboxylic acids is 1. The molecule has 88 valence electrons. The predicted octanol–water partition coefficient (Wildman–Crippen LogP) is 0.461. The summed E-state index contributed by atoms with van der Waals surface area (Å²) in [5, 5.41) is 16.2. The molecule has 16 heavy (non-hydrogen) atoms. The summed E-state index contributed by atoms with van der Waals surface area (Å²) in [6.45, 7) is 5.03. The van der Waals surface area contributed by atoms with Crippen LogP contribution in [-0.2, 0) is 6.54 Å². The first-order valence-electron chi connectivity index (χ1n) is 5.58. The van der Waals surface area contributed by atoms with Gasteiger partial charge < -0.3 is 5.11 Å². The number of rotatable bonds is 4. The highest BCUT2D eigenvalue weighted by Gasteiger charge is 2.23. The van der Waals surface area contributed by atoms with E-state index in [2.05, 4.69) is 22.1 Å². The van der Waals surface area contributed by atoms with Crippen molar-refractivity contribution in [2.24, 2.45) is 0 Å². The molecule has 1 aromatic heterocycles. The second-order valence-corrected chi connectivity index (χ2v) is 4.06. The van der Waals surface area contributed by atoms with Crippen molar-refractivity contribution in [1.29, 1.82) is 0 Å². The molecule has 0 radical (unpaired) electrons. The van der Waals surface area contributed by atoms with Crippen LogP contribution in [0, 0.1) is 0 Å². The van der Waals surface area contributed by atoms with Gasteiger partial charge in [0.15, 0.2) is 5.69 Å². The van der Waals surface area contributed by atoms with Gasteiger partial charge >= 0.3 is 5.97 Å². The van der Waals surface area contributed by atoms with E-state index in [1.54, 1.807) is 4.68 Å². The zero-order valence-corrected chi connectivity index (χ0v) is 9.33. The zero-order chi connectivity index (χ0) is 11.5. The molecule has 0 spiro atoms. The van der Waals surface area contributed by atoms with Gasteiger partial charge in [-0.1, -0.05) is 12.1 Å². The molecular formula is C10H16N4O2. The van der Waals surface area contributed by atoms with E-state index >= 15 is 0 Å².